The number of rotatable bonds is 5. The maximum atomic E-state index is 12.8. The summed E-state index contributed by atoms with van der Waals surface area (Å²) in [4.78, 5) is 23.8. The van der Waals surface area contributed by atoms with Gasteiger partial charge in [0.15, 0.2) is 6.61 Å². The fraction of sp³-hybridized carbons (Fsp3) is 0.105. The van der Waals surface area contributed by atoms with Gasteiger partial charge in [0.2, 0.25) is 0 Å². The van der Waals surface area contributed by atoms with Gasteiger partial charge in [-0.2, -0.15) is 5.10 Å². The van der Waals surface area contributed by atoms with E-state index >= 15 is 0 Å². The second-order valence-corrected chi connectivity index (χ2v) is 5.68. The normalized spacial score (nSPS) is 10.3. The van der Waals surface area contributed by atoms with E-state index in [1.165, 1.54) is 24.3 Å². The molecule has 0 radical (unpaired) electrons. The van der Waals surface area contributed by atoms with Crippen LogP contribution in [0.25, 0.3) is 5.69 Å². The molecular weight excluding hydrogens is 351 g/mol. The number of halogens is 1. The molecule has 0 atom stereocenters. The van der Waals surface area contributed by atoms with Crippen LogP contribution in [0.3, 0.4) is 0 Å². The van der Waals surface area contributed by atoms with Gasteiger partial charge in [-0.3, -0.25) is 20.4 Å². The van der Waals surface area contributed by atoms with E-state index in [4.69, 9.17) is 4.74 Å². The summed E-state index contributed by atoms with van der Waals surface area (Å²) in [5.74, 6) is -1.06. The highest BCUT2D eigenvalue weighted by molar-refractivity contribution is 5.95. The lowest BCUT2D eigenvalue weighted by molar-refractivity contribution is -0.123. The highest BCUT2D eigenvalue weighted by Gasteiger charge is 2.09. The topological polar surface area (TPSA) is 85.3 Å². The van der Waals surface area contributed by atoms with Crippen LogP contribution in [-0.2, 0) is 4.79 Å². The van der Waals surface area contributed by atoms with E-state index in [0.717, 1.165) is 11.4 Å². The molecule has 0 spiro atoms. The van der Waals surface area contributed by atoms with Crippen molar-refractivity contribution in [1.82, 2.24) is 20.6 Å². The second-order valence-electron chi connectivity index (χ2n) is 5.68. The number of ether oxygens (including phenoxy) is 1. The minimum Gasteiger partial charge on any atom is -0.484 e. The lowest BCUT2D eigenvalue weighted by atomic mass is 10.2. The lowest BCUT2D eigenvalue weighted by Crippen LogP contribution is -2.43. The van der Waals surface area contributed by atoms with Crippen LogP contribution in [0.15, 0.2) is 60.8 Å². The van der Waals surface area contributed by atoms with E-state index in [2.05, 4.69) is 16.0 Å². The van der Waals surface area contributed by atoms with Crippen molar-refractivity contribution < 1.29 is 18.7 Å². The summed E-state index contributed by atoms with van der Waals surface area (Å²) in [6, 6.07) is 13.9. The van der Waals surface area contributed by atoms with Crippen LogP contribution in [0.1, 0.15) is 16.1 Å². The molecule has 0 aliphatic heterocycles. The first-order valence-corrected chi connectivity index (χ1v) is 8.11. The SMILES string of the molecule is Cc1ccnn1-c1ccc(C(=O)NNC(=O)COc2ccc(F)cc2)cc1. The molecule has 2 aromatic carbocycles. The van der Waals surface area contributed by atoms with Crippen molar-refractivity contribution in [2.75, 3.05) is 6.61 Å². The number of carbonyl (C=O) groups excluding carboxylic acids is 2. The standard InChI is InChI=1S/C19H17FN4O3/c1-13-10-11-21-24(13)16-6-2-14(3-7-16)19(26)23-22-18(25)12-27-17-8-4-15(20)5-9-17/h2-11H,12H2,1H3,(H,22,25)(H,23,26). The van der Waals surface area contributed by atoms with Crippen molar-refractivity contribution in [2.24, 2.45) is 0 Å². The monoisotopic (exact) mass is 368 g/mol. The van der Waals surface area contributed by atoms with Crippen molar-refractivity contribution in [2.45, 2.75) is 6.92 Å². The highest BCUT2D eigenvalue weighted by Crippen LogP contribution is 2.12. The summed E-state index contributed by atoms with van der Waals surface area (Å²) < 4.78 is 19.7. The number of aromatic nitrogens is 2. The first-order valence-electron chi connectivity index (χ1n) is 8.11. The fourth-order valence-electron chi connectivity index (χ4n) is 2.31. The first-order chi connectivity index (χ1) is 13.0. The van der Waals surface area contributed by atoms with E-state index in [9.17, 15) is 14.0 Å². The molecule has 0 aliphatic rings. The zero-order valence-electron chi connectivity index (χ0n) is 14.5. The van der Waals surface area contributed by atoms with Gasteiger partial charge in [0.25, 0.3) is 11.8 Å². The van der Waals surface area contributed by atoms with E-state index in [-0.39, 0.29) is 6.61 Å². The largest absolute Gasteiger partial charge is 0.484 e. The zero-order valence-corrected chi connectivity index (χ0v) is 14.5. The Labute approximate surface area is 154 Å². The molecule has 8 heteroatoms. The molecule has 0 saturated carbocycles. The predicted molar refractivity (Wildman–Crippen MR) is 95.8 cm³/mol. The Kier molecular flexibility index (Phi) is 5.46. The molecule has 2 N–H and O–H groups in total. The van der Waals surface area contributed by atoms with Crippen molar-refractivity contribution >= 4 is 11.8 Å². The number of hydrogen-bond donors (Lipinski definition) is 2. The third-order valence-corrected chi connectivity index (χ3v) is 3.71. The Morgan fingerprint density at radius 2 is 1.74 bits per heavy atom. The number of nitrogens with zero attached hydrogens (tertiary/aromatic N) is 2. The molecule has 0 fully saturated rings. The maximum absolute atomic E-state index is 12.8. The van der Waals surface area contributed by atoms with Crippen molar-refractivity contribution in [3.63, 3.8) is 0 Å². The molecule has 0 aliphatic carbocycles. The number of hydrazine groups is 1. The molecule has 0 saturated heterocycles. The van der Waals surface area contributed by atoms with E-state index in [1.807, 2.05) is 13.0 Å². The van der Waals surface area contributed by atoms with Gasteiger partial charge in [0.1, 0.15) is 11.6 Å². The lowest BCUT2D eigenvalue weighted by Gasteiger charge is -2.09. The maximum Gasteiger partial charge on any atom is 0.276 e. The molecule has 27 heavy (non-hydrogen) atoms. The predicted octanol–water partition coefficient (Wildman–Crippen LogP) is 2.16. The summed E-state index contributed by atoms with van der Waals surface area (Å²) in [6.45, 7) is 1.61. The zero-order chi connectivity index (χ0) is 19.2. The third-order valence-electron chi connectivity index (χ3n) is 3.71. The Balaban J connectivity index is 1.49. The van der Waals surface area contributed by atoms with Crippen LogP contribution >= 0.6 is 0 Å². The Morgan fingerprint density at radius 3 is 2.37 bits per heavy atom. The quantitative estimate of drug-likeness (QED) is 0.676. The molecule has 3 aromatic rings. The number of carbonyl (C=O) groups is 2. The highest BCUT2D eigenvalue weighted by atomic mass is 19.1. The van der Waals surface area contributed by atoms with Crippen LogP contribution in [0.5, 0.6) is 5.75 Å². The summed E-state index contributed by atoms with van der Waals surface area (Å²) in [6.07, 6.45) is 1.69. The van der Waals surface area contributed by atoms with Gasteiger partial charge in [-0.05, 0) is 61.5 Å². The van der Waals surface area contributed by atoms with Crippen molar-refractivity contribution in [3.8, 4) is 11.4 Å². The third kappa shape index (κ3) is 4.69. The average Bonchev–Trinajstić information content (AvgIpc) is 3.11. The van der Waals surface area contributed by atoms with Crippen LogP contribution in [0, 0.1) is 12.7 Å². The Bertz CT molecular complexity index is 936. The van der Waals surface area contributed by atoms with E-state index < -0.39 is 17.6 Å². The number of benzene rings is 2. The van der Waals surface area contributed by atoms with Gasteiger partial charge < -0.3 is 4.74 Å². The van der Waals surface area contributed by atoms with E-state index in [0.29, 0.717) is 11.3 Å². The number of aryl methyl sites for hydroxylation is 1. The first kappa shape index (κ1) is 18.1. The van der Waals surface area contributed by atoms with Crippen LogP contribution in [0.4, 0.5) is 4.39 Å². The number of amides is 2. The molecule has 3 rings (SSSR count). The summed E-state index contributed by atoms with van der Waals surface area (Å²) in [7, 11) is 0. The summed E-state index contributed by atoms with van der Waals surface area (Å²) in [5.41, 5.74) is 6.74. The minimum absolute atomic E-state index is 0.316. The summed E-state index contributed by atoms with van der Waals surface area (Å²) in [5, 5.41) is 4.19. The molecule has 0 unspecified atom stereocenters. The van der Waals surface area contributed by atoms with Crippen LogP contribution in [-0.4, -0.2) is 28.2 Å². The molecule has 2 amide bonds. The van der Waals surface area contributed by atoms with Crippen LogP contribution in [0.2, 0.25) is 0 Å². The average molecular weight is 368 g/mol. The van der Waals surface area contributed by atoms with Gasteiger partial charge >= 0.3 is 0 Å². The molecular formula is C19H17FN4O3. The number of nitrogens with one attached hydrogen (secondary N) is 2. The number of hydrogen-bond acceptors (Lipinski definition) is 4. The van der Waals surface area contributed by atoms with Crippen molar-refractivity contribution in [1.29, 1.82) is 0 Å². The molecule has 0 bridgehead atoms. The van der Waals surface area contributed by atoms with Crippen LogP contribution < -0.4 is 15.6 Å². The van der Waals surface area contributed by atoms with Gasteiger partial charge in [0.05, 0.1) is 5.69 Å². The van der Waals surface area contributed by atoms with Crippen molar-refractivity contribution in [3.05, 3.63) is 77.9 Å². The fourth-order valence-corrected chi connectivity index (χ4v) is 2.31. The van der Waals surface area contributed by atoms with E-state index in [1.54, 1.807) is 35.1 Å². The molecule has 138 valence electrons. The van der Waals surface area contributed by atoms with Gasteiger partial charge in [-0.1, -0.05) is 0 Å². The Hall–Kier alpha value is -3.68. The molecule has 7 nitrogen and oxygen atoms in total. The van der Waals surface area contributed by atoms with Gasteiger partial charge in [-0.25, -0.2) is 9.07 Å². The molecule has 1 aromatic heterocycles. The van der Waals surface area contributed by atoms with Gasteiger partial charge in [0, 0.05) is 17.5 Å². The summed E-state index contributed by atoms with van der Waals surface area (Å²) >= 11 is 0. The minimum atomic E-state index is -0.545. The smallest absolute Gasteiger partial charge is 0.276 e. The Morgan fingerprint density at radius 1 is 1.04 bits per heavy atom. The van der Waals surface area contributed by atoms with Gasteiger partial charge in [-0.15, -0.1) is 0 Å². The second kappa shape index (κ2) is 8.13. The molecule has 1 heterocycles.